The molecule has 1 aliphatic rings. The van der Waals surface area contributed by atoms with Gasteiger partial charge in [0.15, 0.2) is 22.3 Å². The standard InChI is InChI=1S/C21H18N4O3S/c1-13-8-19-23-24-21(25(19)16-5-3-2-4-15(13)16)29-11-20(26)22-10-14-6-7-17-18(9-14)28-12-27-17/h2-9H,10-12H2,1H3,(H,22,26). The molecule has 3 heterocycles. The van der Waals surface area contributed by atoms with Crippen molar-refractivity contribution in [3.05, 3.63) is 59.7 Å². The van der Waals surface area contributed by atoms with Gasteiger partial charge in [0.25, 0.3) is 0 Å². The monoisotopic (exact) mass is 406 g/mol. The fourth-order valence-electron chi connectivity index (χ4n) is 3.40. The number of aryl methyl sites for hydroxylation is 1. The Hall–Kier alpha value is -3.26. The fraction of sp³-hybridized carbons (Fsp3) is 0.190. The van der Waals surface area contributed by atoms with Crippen LogP contribution in [0.5, 0.6) is 11.5 Å². The van der Waals surface area contributed by atoms with Gasteiger partial charge in [-0.3, -0.25) is 9.20 Å². The van der Waals surface area contributed by atoms with E-state index in [1.54, 1.807) is 0 Å². The highest BCUT2D eigenvalue weighted by molar-refractivity contribution is 7.99. The van der Waals surface area contributed by atoms with Crippen LogP contribution in [0.2, 0.25) is 0 Å². The molecule has 0 spiro atoms. The molecule has 4 aromatic rings. The lowest BCUT2D eigenvalue weighted by Crippen LogP contribution is -2.24. The van der Waals surface area contributed by atoms with Crippen molar-refractivity contribution >= 4 is 34.2 Å². The molecule has 0 fully saturated rings. The zero-order chi connectivity index (χ0) is 19.8. The first-order valence-electron chi connectivity index (χ1n) is 9.20. The van der Waals surface area contributed by atoms with Gasteiger partial charge in [-0.25, -0.2) is 0 Å². The molecule has 5 rings (SSSR count). The Morgan fingerprint density at radius 3 is 2.93 bits per heavy atom. The molecule has 0 radical (unpaired) electrons. The number of nitrogens with one attached hydrogen (secondary N) is 1. The van der Waals surface area contributed by atoms with E-state index in [1.165, 1.54) is 11.8 Å². The smallest absolute Gasteiger partial charge is 0.231 e. The summed E-state index contributed by atoms with van der Waals surface area (Å²) in [6, 6.07) is 15.8. The number of hydrogen-bond acceptors (Lipinski definition) is 6. The van der Waals surface area contributed by atoms with E-state index in [-0.39, 0.29) is 18.5 Å². The fourth-order valence-corrected chi connectivity index (χ4v) is 4.18. The van der Waals surface area contributed by atoms with Gasteiger partial charge < -0.3 is 14.8 Å². The maximum atomic E-state index is 12.4. The third-order valence-corrected chi connectivity index (χ3v) is 5.76. The van der Waals surface area contributed by atoms with E-state index >= 15 is 0 Å². The van der Waals surface area contributed by atoms with Crippen molar-refractivity contribution in [2.75, 3.05) is 12.5 Å². The van der Waals surface area contributed by atoms with Crippen LogP contribution < -0.4 is 14.8 Å². The SMILES string of the molecule is Cc1cc2nnc(SCC(=O)NCc3ccc4c(c3)OCO4)n2c2ccccc12. The van der Waals surface area contributed by atoms with E-state index in [4.69, 9.17) is 9.47 Å². The first-order valence-corrected chi connectivity index (χ1v) is 10.2. The molecule has 29 heavy (non-hydrogen) atoms. The van der Waals surface area contributed by atoms with Gasteiger partial charge in [0, 0.05) is 11.9 Å². The summed E-state index contributed by atoms with van der Waals surface area (Å²) in [4.78, 5) is 12.4. The molecular formula is C21H18N4O3S. The van der Waals surface area contributed by atoms with Crippen LogP contribution in [-0.4, -0.2) is 33.1 Å². The largest absolute Gasteiger partial charge is 0.454 e. The third-order valence-electron chi connectivity index (χ3n) is 4.83. The van der Waals surface area contributed by atoms with Crippen molar-refractivity contribution in [2.45, 2.75) is 18.6 Å². The molecular weight excluding hydrogens is 388 g/mol. The van der Waals surface area contributed by atoms with Gasteiger partial charge in [-0.15, -0.1) is 10.2 Å². The molecule has 0 atom stereocenters. The number of thioether (sulfide) groups is 1. The van der Waals surface area contributed by atoms with Crippen molar-refractivity contribution in [1.82, 2.24) is 19.9 Å². The molecule has 1 aliphatic heterocycles. The Balaban J connectivity index is 1.28. The lowest BCUT2D eigenvalue weighted by molar-refractivity contribution is -0.118. The van der Waals surface area contributed by atoms with Crippen LogP contribution in [0.4, 0.5) is 0 Å². The molecule has 0 bridgehead atoms. The summed E-state index contributed by atoms with van der Waals surface area (Å²) in [5.41, 5.74) is 3.93. The Labute approximate surface area is 171 Å². The van der Waals surface area contributed by atoms with E-state index < -0.39 is 0 Å². The number of amides is 1. The molecule has 0 unspecified atom stereocenters. The van der Waals surface area contributed by atoms with Gasteiger partial charge in [0.1, 0.15) is 0 Å². The molecule has 0 saturated carbocycles. The van der Waals surface area contributed by atoms with Crippen molar-refractivity contribution in [1.29, 1.82) is 0 Å². The van der Waals surface area contributed by atoms with Crippen molar-refractivity contribution < 1.29 is 14.3 Å². The van der Waals surface area contributed by atoms with Crippen molar-refractivity contribution in [3.8, 4) is 11.5 Å². The number of carbonyl (C=O) groups excluding carboxylic acids is 1. The van der Waals surface area contributed by atoms with E-state index in [1.807, 2.05) is 46.9 Å². The minimum absolute atomic E-state index is 0.0687. The second-order valence-corrected chi connectivity index (χ2v) is 7.72. The molecule has 1 N–H and O–H groups in total. The van der Waals surface area contributed by atoms with Gasteiger partial charge in [0.2, 0.25) is 12.7 Å². The number of nitrogens with zero attached hydrogens (tertiary/aromatic N) is 3. The number of hydrogen-bond donors (Lipinski definition) is 1. The summed E-state index contributed by atoms with van der Waals surface area (Å²) in [6.45, 7) is 2.73. The zero-order valence-electron chi connectivity index (χ0n) is 15.7. The maximum Gasteiger partial charge on any atom is 0.231 e. The summed E-state index contributed by atoms with van der Waals surface area (Å²) in [6.07, 6.45) is 0. The number of aromatic nitrogens is 3. The average molecular weight is 406 g/mol. The van der Waals surface area contributed by atoms with E-state index in [0.29, 0.717) is 17.5 Å². The topological polar surface area (TPSA) is 77.8 Å². The lowest BCUT2D eigenvalue weighted by Gasteiger charge is -2.08. The summed E-state index contributed by atoms with van der Waals surface area (Å²) < 4.78 is 12.7. The van der Waals surface area contributed by atoms with Crippen LogP contribution in [-0.2, 0) is 11.3 Å². The van der Waals surface area contributed by atoms with E-state index in [9.17, 15) is 4.79 Å². The molecule has 8 heteroatoms. The highest BCUT2D eigenvalue weighted by Gasteiger charge is 2.15. The molecule has 2 aromatic heterocycles. The first kappa shape index (κ1) is 17.8. The lowest BCUT2D eigenvalue weighted by atomic mass is 10.1. The van der Waals surface area contributed by atoms with Crippen LogP contribution in [0, 0.1) is 6.92 Å². The Bertz CT molecular complexity index is 1240. The molecule has 0 saturated heterocycles. The highest BCUT2D eigenvalue weighted by atomic mass is 32.2. The Kier molecular flexibility index (Phi) is 4.48. The number of carbonyl (C=O) groups is 1. The minimum atomic E-state index is -0.0687. The van der Waals surface area contributed by atoms with Gasteiger partial charge in [-0.05, 0) is 42.3 Å². The quantitative estimate of drug-likeness (QED) is 0.512. The zero-order valence-corrected chi connectivity index (χ0v) is 16.5. The average Bonchev–Trinajstić information content (AvgIpc) is 3.37. The number of fused-ring (bicyclic) bond motifs is 4. The van der Waals surface area contributed by atoms with Gasteiger partial charge in [0.05, 0.1) is 11.3 Å². The number of benzene rings is 2. The molecule has 7 nitrogen and oxygen atoms in total. The van der Waals surface area contributed by atoms with E-state index in [2.05, 4.69) is 28.5 Å². The van der Waals surface area contributed by atoms with Crippen molar-refractivity contribution in [3.63, 3.8) is 0 Å². The van der Waals surface area contributed by atoms with Crippen LogP contribution in [0.15, 0.2) is 53.7 Å². The summed E-state index contributed by atoms with van der Waals surface area (Å²) in [5, 5.41) is 13.3. The Morgan fingerprint density at radius 1 is 1.14 bits per heavy atom. The van der Waals surface area contributed by atoms with Crippen LogP contribution in [0.3, 0.4) is 0 Å². The predicted molar refractivity (Wildman–Crippen MR) is 110 cm³/mol. The first-order chi connectivity index (χ1) is 14.2. The second kappa shape index (κ2) is 7.29. The Morgan fingerprint density at radius 2 is 2.00 bits per heavy atom. The normalized spacial score (nSPS) is 12.6. The van der Waals surface area contributed by atoms with Gasteiger partial charge in [-0.1, -0.05) is 36.0 Å². The number of rotatable bonds is 5. The predicted octanol–water partition coefficient (Wildman–Crippen LogP) is 3.33. The van der Waals surface area contributed by atoms with Crippen LogP contribution in [0.1, 0.15) is 11.1 Å². The maximum absolute atomic E-state index is 12.4. The summed E-state index contributed by atoms with van der Waals surface area (Å²) >= 11 is 1.37. The van der Waals surface area contributed by atoms with Crippen molar-refractivity contribution in [2.24, 2.45) is 0 Å². The summed E-state index contributed by atoms with van der Waals surface area (Å²) in [7, 11) is 0. The van der Waals surface area contributed by atoms with Gasteiger partial charge in [-0.2, -0.15) is 0 Å². The number of para-hydroxylation sites is 1. The number of ether oxygens (including phenoxy) is 2. The molecule has 2 aromatic carbocycles. The molecule has 146 valence electrons. The van der Waals surface area contributed by atoms with Gasteiger partial charge >= 0.3 is 0 Å². The van der Waals surface area contributed by atoms with Crippen LogP contribution >= 0.6 is 11.8 Å². The van der Waals surface area contributed by atoms with E-state index in [0.717, 1.165) is 33.4 Å². The van der Waals surface area contributed by atoms with Crippen LogP contribution in [0.25, 0.3) is 16.6 Å². The second-order valence-electron chi connectivity index (χ2n) is 6.77. The summed E-state index contributed by atoms with van der Waals surface area (Å²) in [5.74, 6) is 1.63. The number of pyridine rings is 1. The molecule has 0 aliphatic carbocycles. The molecule has 1 amide bonds. The third kappa shape index (κ3) is 3.36. The highest BCUT2D eigenvalue weighted by Crippen LogP contribution is 2.32. The minimum Gasteiger partial charge on any atom is -0.454 e.